The van der Waals surface area contributed by atoms with Gasteiger partial charge in [0, 0.05) is 19.1 Å². The average molecular weight is 341 g/mol. The van der Waals surface area contributed by atoms with Crippen molar-refractivity contribution < 1.29 is 5.02 Å². The number of nitrogens with zero attached hydrogens (tertiary/aromatic N) is 2. The molecule has 2 aliphatic rings. The Bertz CT molecular complexity index is 544. The van der Waals surface area contributed by atoms with E-state index in [9.17, 15) is 10.3 Å². The highest BCUT2D eigenvalue weighted by Crippen LogP contribution is 2.41. The average Bonchev–Trinajstić information content (AvgIpc) is 2.63. The van der Waals surface area contributed by atoms with Crippen molar-refractivity contribution in [2.24, 2.45) is 5.92 Å². The maximum absolute atomic E-state index is 9.76. The fourth-order valence-corrected chi connectivity index (χ4v) is 4.06. The number of likely N-dealkylation sites (tertiary alicyclic amines) is 1. The van der Waals surface area contributed by atoms with Gasteiger partial charge in [0.1, 0.15) is 0 Å². The van der Waals surface area contributed by atoms with E-state index in [0.717, 1.165) is 45.3 Å². The highest BCUT2D eigenvalue weighted by molar-refractivity contribution is 6.45. The maximum atomic E-state index is 9.76. The summed E-state index contributed by atoms with van der Waals surface area (Å²) in [6.07, 6.45) is 4.15. The molecular formula is C20H32BN3O. The molecule has 0 unspecified atom stereocenters. The Morgan fingerprint density at radius 1 is 1.24 bits per heavy atom. The first-order chi connectivity index (χ1) is 12.1. The van der Waals surface area contributed by atoms with Crippen molar-refractivity contribution in [3.8, 4) is 6.07 Å². The zero-order chi connectivity index (χ0) is 18.3. The van der Waals surface area contributed by atoms with Gasteiger partial charge in [-0.15, -0.1) is 0 Å². The molecule has 3 rings (SSSR count). The van der Waals surface area contributed by atoms with Gasteiger partial charge >= 0.3 is 7.05 Å². The first-order valence-corrected chi connectivity index (χ1v) is 9.75. The molecule has 2 N–H and O–H groups in total. The summed E-state index contributed by atoms with van der Waals surface area (Å²) in [5, 5.41) is 22.1. The molecule has 25 heavy (non-hydrogen) atoms. The minimum atomic E-state index is -0.416. The molecule has 1 aliphatic heterocycles. The summed E-state index contributed by atoms with van der Waals surface area (Å²) in [7, 11) is -0.416. The molecule has 5 heteroatoms. The van der Waals surface area contributed by atoms with Crippen LogP contribution in [0.25, 0.3) is 0 Å². The van der Waals surface area contributed by atoms with Crippen LogP contribution in [0.2, 0.25) is 6.82 Å². The van der Waals surface area contributed by atoms with E-state index in [2.05, 4.69) is 28.3 Å². The monoisotopic (exact) mass is 341 g/mol. The molecule has 0 aromatic heterocycles. The normalized spacial score (nSPS) is 26.8. The van der Waals surface area contributed by atoms with Crippen LogP contribution in [0.4, 0.5) is 0 Å². The number of nitriles is 1. The van der Waals surface area contributed by atoms with E-state index in [1.165, 1.54) is 5.56 Å². The van der Waals surface area contributed by atoms with Crippen LogP contribution in [0.3, 0.4) is 0 Å². The second kappa shape index (κ2) is 9.38. The van der Waals surface area contributed by atoms with Gasteiger partial charge in [-0.3, -0.25) is 4.90 Å². The summed E-state index contributed by atoms with van der Waals surface area (Å²) in [6, 6.07) is 13.5. The highest BCUT2D eigenvalue weighted by Gasteiger charge is 2.41. The Labute approximate surface area is 153 Å². The molecule has 2 fully saturated rings. The molecule has 1 heterocycles. The van der Waals surface area contributed by atoms with Crippen LogP contribution in [0.5, 0.6) is 0 Å². The summed E-state index contributed by atoms with van der Waals surface area (Å²) < 4.78 is 0. The van der Waals surface area contributed by atoms with Crippen LogP contribution in [0.1, 0.15) is 45.1 Å². The van der Waals surface area contributed by atoms with E-state index < -0.39 is 7.05 Å². The van der Waals surface area contributed by atoms with Crippen molar-refractivity contribution in [2.45, 2.75) is 57.8 Å². The number of benzene rings is 1. The van der Waals surface area contributed by atoms with E-state index in [-0.39, 0.29) is 5.41 Å². The van der Waals surface area contributed by atoms with Gasteiger partial charge in [0.15, 0.2) is 0 Å². The van der Waals surface area contributed by atoms with Gasteiger partial charge in [-0.05, 0) is 50.5 Å². The van der Waals surface area contributed by atoms with Crippen molar-refractivity contribution >= 4 is 7.05 Å². The standard InChI is InChI=1S/C18H26BN3O.C2H6/c1-19(23)21-11-15-12-22(13-15)17-7-9-18(14-20,10-8-17)16-5-3-2-4-6-16;1-2/h2-6,15,17,21,23H,7-13H2,1H3;1-2H3. The second-order valence-corrected chi connectivity index (χ2v) is 7.20. The lowest BCUT2D eigenvalue weighted by Gasteiger charge is -2.48. The number of rotatable bonds is 5. The molecule has 1 saturated carbocycles. The van der Waals surface area contributed by atoms with E-state index in [1.807, 2.05) is 32.0 Å². The Balaban J connectivity index is 0.00000109. The fourth-order valence-electron chi connectivity index (χ4n) is 4.06. The lowest BCUT2D eigenvalue weighted by atomic mass is 9.68. The summed E-state index contributed by atoms with van der Waals surface area (Å²) in [4.78, 5) is 2.56. The zero-order valence-corrected chi connectivity index (χ0v) is 15.9. The molecule has 4 nitrogen and oxygen atoms in total. The van der Waals surface area contributed by atoms with Gasteiger partial charge < -0.3 is 10.3 Å². The van der Waals surface area contributed by atoms with Crippen molar-refractivity contribution in [3.05, 3.63) is 35.9 Å². The molecule has 1 aromatic rings. The van der Waals surface area contributed by atoms with Gasteiger partial charge in [-0.2, -0.15) is 5.26 Å². The third-order valence-electron chi connectivity index (χ3n) is 5.55. The molecule has 1 saturated heterocycles. The summed E-state index contributed by atoms with van der Waals surface area (Å²) in [5.41, 5.74) is 0.902. The number of nitrogens with one attached hydrogen (secondary N) is 1. The predicted molar refractivity (Wildman–Crippen MR) is 104 cm³/mol. The molecule has 0 spiro atoms. The molecule has 1 aromatic carbocycles. The quantitative estimate of drug-likeness (QED) is 0.808. The van der Waals surface area contributed by atoms with Crippen LogP contribution >= 0.6 is 0 Å². The van der Waals surface area contributed by atoms with Gasteiger partial charge in [0.25, 0.3) is 0 Å². The molecule has 0 radical (unpaired) electrons. The minimum Gasteiger partial charge on any atom is -0.437 e. The second-order valence-electron chi connectivity index (χ2n) is 7.20. The van der Waals surface area contributed by atoms with Gasteiger partial charge in [-0.25, -0.2) is 0 Å². The van der Waals surface area contributed by atoms with Gasteiger partial charge in [0.2, 0.25) is 0 Å². The highest BCUT2D eigenvalue weighted by atomic mass is 16.2. The SMILES string of the molecule is CB(O)NCC1CN(C2CCC(C#N)(c3ccccc3)CC2)C1.CC. The maximum Gasteiger partial charge on any atom is 0.373 e. The van der Waals surface area contributed by atoms with E-state index in [4.69, 9.17) is 0 Å². The van der Waals surface area contributed by atoms with Gasteiger partial charge in [0.05, 0.1) is 11.5 Å². The van der Waals surface area contributed by atoms with Crippen LogP contribution in [0, 0.1) is 17.2 Å². The Kier molecular flexibility index (Phi) is 7.49. The first-order valence-electron chi connectivity index (χ1n) is 9.75. The van der Waals surface area contributed by atoms with Gasteiger partial charge in [-0.1, -0.05) is 44.2 Å². The molecule has 0 bridgehead atoms. The predicted octanol–water partition coefficient (Wildman–Crippen LogP) is 3.05. The minimum absolute atomic E-state index is 0.282. The molecule has 136 valence electrons. The van der Waals surface area contributed by atoms with Crippen LogP contribution in [-0.4, -0.2) is 42.7 Å². The molecule has 0 atom stereocenters. The topological polar surface area (TPSA) is 59.3 Å². The van der Waals surface area contributed by atoms with Crippen LogP contribution in [0.15, 0.2) is 30.3 Å². The van der Waals surface area contributed by atoms with Crippen molar-refractivity contribution in [1.29, 1.82) is 5.26 Å². The Morgan fingerprint density at radius 3 is 2.36 bits per heavy atom. The number of hydrogen-bond acceptors (Lipinski definition) is 4. The summed E-state index contributed by atoms with van der Waals surface area (Å²) >= 11 is 0. The Hall–Kier alpha value is -1.35. The summed E-state index contributed by atoms with van der Waals surface area (Å²) in [6.45, 7) is 8.90. The smallest absolute Gasteiger partial charge is 0.373 e. The zero-order valence-electron chi connectivity index (χ0n) is 15.9. The van der Waals surface area contributed by atoms with Crippen LogP contribution in [-0.2, 0) is 5.41 Å². The van der Waals surface area contributed by atoms with E-state index in [0.29, 0.717) is 12.0 Å². The van der Waals surface area contributed by atoms with Crippen molar-refractivity contribution in [2.75, 3.05) is 19.6 Å². The lowest BCUT2D eigenvalue weighted by Crippen LogP contribution is -2.57. The van der Waals surface area contributed by atoms with Crippen molar-refractivity contribution in [1.82, 2.24) is 10.1 Å². The third-order valence-corrected chi connectivity index (χ3v) is 5.55. The summed E-state index contributed by atoms with van der Waals surface area (Å²) in [5.74, 6) is 0.654. The first kappa shape index (κ1) is 20.0. The molecular weight excluding hydrogens is 309 g/mol. The molecule has 0 amide bonds. The Morgan fingerprint density at radius 2 is 1.84 bits per heavy atom. The van der Waals surface area contributed by atoms with Crippen LogP contribution < -0.4 is 5.23 Å². The lowest BCUT2D eigenvalue weighted by molar-refractivity contribution is 0.0300. The molecule has 1 aliphatic carbocycles. The van der Waals surface area contributed by atoms with E-state index >= 15 is 0 Å². The fraction of sp³-hybridized carbons (Fsp3) is 0.650. The largest absolute Gasteiger partial charge is 0.437 e. The van der Waals surface area contributed by atoms with Crippen molar-refractivity contribution in [3.63, 3.8) is 0 Å². The third kappa shape index (κ3) is 4.85. The van der Waals surface area contributed by atoms with E-state index in [1.54, 1.807) is 6.82 Å². The number of hydrogen-bond donors (Lipinski definition) is 2.